The summed E-state index contributed by atoms with van der Waals surface area (Å²) >= 11 is 0. The molecule has 0 aromatic rings. The lowest BCUT2D eigenvalue weighted by atomic mass is 10.1. The average molecular weight is 296 g/mol. The maximum absolute atomic E-state index is 11.4. The fourth-order valence-electron chi connectivity index (χ4n) is 2.21. The third kappa shape index (κ3) is 17.2. The number of unbranched alkanes of at least 4 members (excludes halogenated alkanes) is 9. The van der Waals surface area contributed by atoms with Gasteiger partial charge in [0.2, 0.25) is 0 Å². The van der Waals surface area contributed by atoms with E-state index in [0.29, 0.717) is 13.0 Å². The Morgan fingerprint density at radius 1 is 0.762 bits per heavy atom. The van der Waals surface area contributed by atoms with Crippen molar-refractivity contribution in [3.63, 3.8) is 0 Å². The number of carbonyl (C=O) groups is 1. The lowest BCUT2D eigenvalue weighted by Crippen LogP contribution is -2.05. The van der Waals surface area contributed by atoms with Crippen molar-refractivity contribution >= 4 is 5.97 Å². The third-order valence-corrected chi connectivity index (χ3v) is 3.65. The quantitative estimate of drug-likeness (QED) is 0.204. The highest BCUT2D eigenvalue weighted by Crippen LogP contribution is 2.08. The molecule has 0 unspecified atom stereocenters. The summed E-state index contributed by atoms with van der Waals surface area (Å²) < 4.78 is 5.13. The van der Waals surface area contributed by atoms with Crippen molar-refractivity contribution in [2.75, 3.05) is 6.61 Å². The van der Waals surface area contributed by atoms with Crippen molar-refractivity contribution in [1.82, 2.24) is 0 Å². The van der Waals surface area contributed by atoms with Gasteiger partial charge < -0.3 is 4.74 Å². The van der Waals surface area contributed by atoms with Crippen molar-refractivity contribution in [2.45, 2.75) is 97.3 Å². The molecule has 124 valence electrons. The summed E-state index contributed by atoms with van der Waals surface area (Å²) in [4.78, 5) is 11.4. The molecule has 0 heterocycles. The highest BCUT2D eigenvalue weighted by molar-refractivity contribution is 5.69. The second-order valence-corrected chi connectivity index (χ2v) is 5.85. The Morgan fingerprint density at radius 3 is 1.95 bits per heavy atom. The molecular formula is C19H36O2. The van der Waals surface area contributed by atoms with Crippen LogP contribution in [0.5, 0.6) is 0 Å². The molecule has 0 radical (unpaired) electrons. The molecule has 0 aliphatic heterocycles. The molecule has 0 fully saturated rings. The Hall–Kier alpha value is -0.790. The molecule has 0 aliphatic rings. The van der Waals surface area contributed by atoms with Gasteiger partial charge in [0, 0.05) is 6.42 Å². The summed E-state index contributed by atoms with van der Waals surface area (Å²) in [6, 6.07) is 0. The highest BCUT2D eigenvalue weighted by atomic mass is 16.5. The molecule has 0 N–H and O–H groups in total. The van der Waals surface area contributed by atoms with E-state index in [1.165, 1.54) is 44.9 Å². The van der Waals surface area contributed by atoms with Gasteiger partial charge >= 0.3 is 5.97 Å². The zero-order valence-electron chi connectivity index (χ0n) is 14.4. The van der Waals surface area contributed by atoms with Crippen LogP contribution in [0.2, 0.25) is 0 Å². The molecule has 21 heavy (non-hydrogen) atoms. The van der Waals surface area contributed by atoms with Gasteiger partial charge in [-0.2, -0.15) is 0 Å². The monoisotopic (exact) mass is 296 g/mol. The van der Waals surface area contributed by atoms with E-state index < -0.39 is 0 Å². The van der Waals surface area contributed by atoms with E-state index in [-0.39, 0.29) is 5.97 Å². The maximum atomic E-state index is 11.4. The predicted molar refractivity (Wildman–Crippen MR) is 91.5 cm³/mol. The first-order valence-corrected chi connectivity index (χ1v) is 9.11. The molecule has 0 spiro atoms. The molecule has 0 amide bonds. The molecule has 0 aliphatic carbocycles. The molecular weight excluding hydrogens is 260 g/mol. The van der Waals surface area contributed by atoms with E-state index in [1.54, 1.807) is 0 Å². The largest absolute Gasteiger partial charge is 0.466 e. The number of hydrogen-bond acceptors (Lipinski definition) is 2. The number of ether oxygens (including phenoxy) is 1. The number of carbonyl (C=O) groups excluding carboxylic acids is 1. The minimum atomic E-state index is -0.0222. The lowest BCUT2D eigenvalue weighted by Gasteiger charge is -2.03. The van der Waals surface area contributed by atoms with Crippen LogP contribution in [-0.2, 0) is 9.53 Å². The van der Waals surface area contributed by atoms with Crippen LogP contribution in [0, 0.1) is 0 Å². The smallest absolute Gasteiger partial charge is 0.305 e. The summed E-state index contributed by atoms with van der Waals surface area (Å²) in [6.07, 6.45) is 19.7. The number of allylic oxidation sites excluding steroid dienone is 2. The Morgan fingerprint density at radius 2 is 1.33 bits per heavy atom. The summed E-state index contributed by atoms with van der Waals surface area (Å²) in [6.45, 7) is 4.95. The second kappa shape index (κ2) is 17.3. The molecule has 0 atom stereocenters. The van der Waals surface area contributed by atoms with Crippen molar-refractivity contribution in [3.8, 4) is 0 Å². The van der Waals surface area contributed by atoms with Gasteiger partial charge in [-0.05, 0) is 38.5 Å². The van der Waals surface area contributed by atoms with Crippen LogP contribution in [0.25, 0.3) is 0 Å². The number of hydrogen-bond donors (Lipinski definition) is 0. The first-order valence-electron chi connectivity index (χ1n) is 9.11. The zero-order valence-corrected chi connectivity index (χ0v) is 14.4. The van der Waals surface area contributed by atoms with Gasteiger partial charge in [-0.1, -0.05) is 64.5 Å². The van der Waals surface area contributed by atoms with E-state index in [9.17, 15) is 4.79 Å². The molecule has 2 heteroatoms. The Kier molecular flexibility index (Phi) is 16.6. The normalized spacial score (nSPS) is 11.1. The van der Waals surface area contributed by atoms with Crippen LogP contribution in [0.1, 0.15) is 97.3 Å². The fraction of sp³-hybridized carbons (Fsp3) is 0.842. The van der Waals surface area contributed by atoms with E-state index in [4.69, 9.17) is 4.74 Å². The Labute approximate surface area is 132 Å². The molecule has 0 bridgehead atoms. The van der Waals surface area contributed by atoms with Crippen LogP contribution < -0.4 is 0 Å². The summed E-state index contributed by atoms with van der Waals surface area (Å²) in [5, 5.41) is 0. The lowest BCUT2D eigenvalue weighted by molar-refractivity contribution is -0.143. The Balaban J connectivity index is 3.19. The van der Waals surface area contributed by atoms with E-state index in [2.05, 4.69) is 26.0 Å². The van der Waals surface area contributed by atoms with Crippen LogP contribution in [0.4, 0.5) is 0 Å². The highest BCUT2D eigenvalue weighted by Gasteiger charge is 2.01. The van der Waals surface area contributed by atoms with E-state index in [1.807, 2.05) is 0 Å². The standard InChI is InChI=1S/C19H36O2/c1-3-5-7-8-9-10-11-12-13-14-15-16-17-19(20)21-18-6-4-2/h11-12H,3-10,13-18H2,1-2H3/b12-11+. The number of esters is 1. The molecule has 0 aromatic heterocycles. The average Bonchev–Trinajstić information content (AvgIpc) is 2.48. The van der Waals surface area contributed by atoms with Crippen molar-refractivity contribution in [1.29, 1.82) is 0 Å². The summed E-state index contributed by atoms with van der Waals surface area (Å²) in [7, 11) is 0. The summed E-state index contributed by atoms with van der Waals surface area (Å²) in [5.41, 5.74) is 0. The molecule has 2 nitrogen and oxygen atoms in total. The van der Waals surface area contributed by atoms with Crippen molar-refractivity contribution < 1.29 is 9.53 Å². The van der Waals surface area contributed by atoms with Crippen LogP contribution in [0.15, 0.2) is 12.2 Å². The molecule has 0 saturated heterocycles. The topological polar surface area (TPSA) is 26.3 Å². The second-order valence-electron chi connectivity index (χ2n) is 5.85. The van der Waals surface area contributed by atoms with Crippen LogP contribution in [-0.4, -0.2) is 12.6 Å². The maximum Gasteiger partial charge on any atom is 0.305 e. The molecule has 0 rings (SSSR count). The van der Waals surface area contributed by atoms with E-state index >= 15 is 0 Å². The van der Waals surface area contributed by atoms with Crippen LogP contribution in [0.3, 0.4) is 0 Å². The van der Waals surface area contributed by atoms with Crippen LogP contribution >= 0.6 is 0 Å². The molecule has 0 saturated carbocycles. The van der Waals surface area contributed by atoms with Gasteiger partial charge in [-0.15, -0.1) is 0 Å². The molecule has 0 aromatic carbocycles. The van der Waals surface area contributed by atoms with Gasteiger partial charge in [0.15, 0.2) is 0 Å². The summed E-state index contributed by atoms with van der Waals surface area (Å²) in [5.74, 6) is -0.0222. The van der Waals surface area contributed by atoms with Gasteiger partial charge in [0.1, 0.15) is 0 Å². The first kappa shape index (κ1) is 20.2. The third-order valence-electron chi connectivity index (χ3n) is 3.65. The number of rotatable bonds is 15. The van der Waals surface area contributed by atoms with Crippen molar-refractivity contribution in [3.05, 3.63) is 12.2 Å². The predicted octanol–water partition coefficient (Wildman–Crippen LogP) is 6.20. The SMILES string of the molecule is CCCCCCC/C=C/CCCCCC(=O)OCCCC. The zero-order chi connectivity index (χ0) is 15.6. The fourth-order valence-corrected chi connectivity index (χ4v) is 2.21. The van der Waals surface area contributed by atoms with Gasteiger partial charge in [-0.25, -0.2) is 0 Å². The van der Waals surface area contributed by atoms with Gasteiger partial charge in [0.25, 0.3) is 0 Å². The van der Waals surface area contributed by atoms with Crippen molar-refractivity contribution in [2.24, 2.45) is 0 Å². The Bertz CT molecular complexity index is 246. The van der Waals surface area contributed by atoms with Gasteiger partial charge in [0.05, 0.1) is 6.61 Å². The van der Waals surface area contributed by atoms with Gasteiger partial charge in [-0.3, -0.25) is 4.79 Å². The van der Waals surface area contributed by atoms with E-state index in [0.717, 1.165) is 32.1 Å². The first-order chi connectivity index (χ1) is 10.3. The minimum absolute atomic E-state index is 0.0222. The minimum Gasteiger partial charge on any atom is -0.466 e.